The van der Waals surface area contributed by atoms with Gasteiger partial charge < -0.3 is 15.7 Å². The number of nitrogens with zero attached hydrogens (tertiary/aromatic N) is 1. The normalized spacial score (nSPS) is 25.1. The Balaban J connectivity index is 0.00000182. The number of thiazole rings is 1. The van der Waals surface area contributed by atoms with Crippen molar-refractivity contribution in [2.75, 3.05) is 11.9 Å². The van der Waals surface area contributed by atoms with Gasteiger partial charge in [0.05, 0.1) is 17.8 Å². The van der Waals surface area contributed by atoms with E-state index in [1.807, 2.05) is 6.07 Å². The predicted octanol–water partition coefficient (Wildman–Crippen LogP) is 2.50. The molecular formula is C18H22ClN3O2S. The molecule has 0 radical (unpaired) electrons. The number of β-amino-alcohol motifs (C(OH)–C–C–N with tert-alkyl or cyclic N) is 1. The van der Waals surface area contributed by atoms with Gasteiger partial charge in [0.25, 0.3) is 0 Å². The molecule has 1 aromatic heterocycles. The number of amides is 1. The largest absolute Gasteiger partial charge is 0.392 e. The maximum absolute atomic E-state index is 12.2. The van der Waals surface area contributed by atoms with Gasteiger partial charge in [0.2, 0.25) is 5.91 Å². The zero-order valence-electron chi connectivity index (χ0n) is 13.8. The van der Waals surface area contributed by atoms with Crippen molar-refractivity contribution >= 4 is 34.8 Å². The van der Waals surface area contributed by atoms with Crippen LogP contribution in [0.2, 0.25) is 0 Å². The molecule has 1 amide bonds. The van der Waals surface area contributed by atoms with Gasteiger partial charge in [-0.05, 0) is 37.2 Å². The maximum Gasteiger partial charge on any atom is 0.243 e. The molecule has 3 atom stereocenters. The van der Waals surface area contributed by atoms with E-state index >= 15 is 0 Å². The van der Waals surface area contributed by atoms with Crippen molar-refractivity contribution in [3.8, 4) is 0 Å². The predicted molar refractivity (Wildman–Crippen MR) is 102 cm³/mol. The van der Waals surface area contributed by atoms with E-state index in [-0.39, 0.29) is 24.4 Å². The van der Waals surface area contributed by atoms with E-state index in [1.165, 1.54) is 10.4 Å². The average Bonchev–Trinajstić information content (AvgIpc) is 3.20. The van der Waals surface area contributed by atoms with Crippen LogP contribution in [0.4, 0.5) is 5.13 Å². The van der Waals surface area contributed by atoms with E-state index in [2.05, 4.69) is 39.9 Å². The third-order valence-corrected chi connectivity index (χ3v) is 5.90. The number of aromatic nitrogens is 1. The lowest BCUT2D eigenvalue weighted by atomic mass is 9.85. The molecule has 3 N–H and O–H groups in total. The number of aliphatic hydroxyl groups excluding tert-OH is 1. The Bertz CT molecular complexity index is 737. The number of hydrogen-bond donors (Lipinski definition) is 3. The topological polar surface area (TPSA) is 74.2 Å². The molecule has 134 valence electrons. The Hall–Kier alpha value is -1.47. The van der Waals surface area contributed by atoms with Gasteiger partial charge in [0.15, 0.2) is 5.13 Å². The highest BCUT2D eigenvalue weighted by molar-refractivity contribution is 7.15. The quantitative estimate of drug-likeness (QED) is 0.766. The molecule has 7 heteroatoms. The van der Waals surface area contributed by atoms with Crippen molar-refractivity contribution in [3.63, 3.8) is 0 Å². The van der Waals surface area contributed by atoms with Gasteiger partial charge in [0.1, 0.15) is 0 Å². The number of benzene rings is 1. The lowest BCUT2D eigenvalue weighted by Gasteiger charge is -2.21. The molecule has 1 fully saturated rings. The smallest absolute Gasteiger partial charge is 0.243 e. The number of fused-ring (bicyclic) bond motifs is 1. The van der Waals surface area contributed by atoms with Crippen LogP contribution in [0, 0.1) is 0 Å². The van der Waals surface area contributed by atoms with Gasteiger partial charge in [0, 0.05) is 11.4 Å². The first-order valence-electron chi connectivity index (χ1n) is 8.45. The first-order chi connectivity index (χ1) is 11.7. The number of anilines is 1. The van der Waals surface area contributed by atoms with Gasteiger partial charge in [-0.3, -0.25) is 4.79 Å². The minimum Gasteiger partial charge on any atom is -0.392 e. The van der Waals surface area contributed by atoms with E-state index in [0.717, 1.165) is 25.0 Å². The number of hydrogen-bond acceptors (Lipinski definition) is 5. The standard InChI is InChI=1S/C18H21N3O2S.ClH/c22-13-9-15(19-10-13)17(23)21-18-20-14-7-6-12(8-16(14)24-18)11-4-2-1-3-5-11;/h1-5,12-13,15,19,22H,6-10H2,(H,20,21,23);1H. The number of halogens is 1. The molecule has 2 aromatic rings. The Morgan fingerprint density at radius 1 is 1.32 bits per heavy atom. The van der Waals surface area contributed by atoms with Crippen LogP contribution >= 0.6 is 23.7 Å². The van der Waals surface area contributed by atoms with Crippen molar-refractivity contribution in [3.05, 3.63) is 46.5 Å². The summed E-state index contributed by atoms with van der Waals surface area (Å²) in [6.45, 7) is 0.477. The Morgan fingerprint density at radius 2 is 2.12 bits per heavy atom. The van der Waals surface area contributed by atoms with Crippen LogP contribution in [0.5, 0.6) is 0 Å². The molecule has 1 saturated heterocycles. The van der Waals surface area contributed by atoms with Crippen LogP contribution in [0.25, 0.3) is 0 Å². The molecule has 3 unspecified atom stereocenters. The summed E-state index contributed by atoms with van der Waals surface area (Å²) in [7, 11) is 0. The summed E-state index contributed by atoms with van der Waals surface area (Å²) in [5.74, 6) is 0.437. The molecule has 1 aliphatic carbocycles. The van der Waals surface area contributed by atoms with Crippen molar-refractivity contribution in [2.45, 2.75) is 43.7 Å². The number of carbonyl (C=O) groups excluding carboxylic acids is 1. The van der Waals surface area contributed by atoms with Crippen LogP contribution in [-0.2, 0) is 17.6 Å². The second-order valence-electron chi connectivity index (χ2n) is 6.58. The Kier molecular flexibility index (Phi) is 5.74. The molecule has 1 aliphatic heterocycles. The van der Waals surface area contributed by atoms with Crippen LogP contribution in [0.3, 0.4) is 0 Å². The third kappa shape index (κ3) is 4.03. The van der Waals surface area contributed by atoms with E-state index in [1.54, 1.807) is 11.3 Å². The SMILES string of the molecule is Cl.O=C(Nc1nc2c(s1)CC(c1ccccc1)CC2)C1CC(O)CN1. The van der Waals surface area contributed by atoms with Crippen molar-refractivity contribution in [2.24, 2.45) is 0 Å². The summed E-state index contributed by atoms with van der Waals surface area (Å²) < 4.78 is 0. The Labute approximate surface area is 157 Å². The fraction of sp³-hybridized carbons (Fsp3) is 0.444. The zero-order chi connectivity index (χ0) is 16.5. The van der Waals surface area contributed by atoms with Crippen molar-refractivity contribution in [1.82, 2.24) is 10.3 Å². The molecule has 2 aliphatic rings. The summed E-state index contributed by atoms with van der Waals surface area (Å²) in [5, 5.41) is 16.2. The number of nitrogens with one attached hydrogen (secondary N) is 2. The highest BCUT2D eigenvalue weighted by atomic mass is 35.5. The second-order valence-corrected chi connectivity index (χ2v) is 7.66. The van der Waals surface area contributed by atoms with Gasteiger partial charge >= 0.3 is 0 Å². The van der Waals surface area contributed by atoms with E-state index in [9.17, 15) is 9.90 Å². The summed E-state index contributed by atoms with van der Waals surface area (Å²) >= 11 is 1.59. The fourth-order valence-electron chi connectivity index (χ4n) is 3.55. The third-order valence-electron chi connectivity index (χ3n) is 4.86. The number of rotatable bonds is 3. The molecule has 5 nitrogen and oxygen atoms in total. The highest BCUT2D eigenvalue weighted by Gasteiger charge is 2.29. The minimum atomic E-state index is -0.433. The number of carbonyl (C=O) groups is 1. The lowest BCUT2D eigenvalue weighted by Crippen LogP contribution is -2.35. The highest BCUT2D eigenvalue weighted by Crippen LogP contribution is 2.36. The summed E-state index contributed by atoms with van der Waals surface area (Å²) in [4.78, 5) is 18.1. The molecule has 0 saturated carbocycles. The average molecular weight is 380 g/mol. The molecule has 0 bridgehead atoms. The van der Waals surface area contributed by atoms with Crippen LogP contribution < -0.4 is 10.6 Å². The number of aliphatic hydroxyl groups is 1. The molecule has 4 rings (SSSR count). The Morgan fingerprint density at radius 3 is 2.84 bits per heavy atom. The van der Waals surface area contributed by atoms with Gasteiger partial charge in [-0.1, -0.05) is 30.3 Å². The summed E-state index contributed by atoms with van der Waals surface area (Å²) in [6, 6.07) is 10.3. The molecular weight excluding hydrogens is 358 g/mol. The molecule has 25 heavy (non-hydrogen) atoms. The van der Waals surface area contributed by atoms with E-state index < -0.39 is 6.10 Å². The van der Waals surface area contributed by atoms with Crippen LogP contribution in [0.15, 0.2) is 30.3 Å². The molecule has 0 spiro atoms. The van der Waals surface area contributed by atoms with E-state index in [4.69, 9.17) is 0 Å². The lowest BCUT2D eigenvalue weighted by molar-refractivity contribution is -0.117. The first-order valence-corrected chi connectivity index (χ1v) is 9.26. The first kappa shape index (κ1) is 18.3. The minimum absolute atomic E-state index is 0. The van der Waals surface area contributed by atoms with Gasteiger partial charge in [-0.25, -0.2) is 4.98 Å². The van der Waals surface area contributed by atoms with Crippen LogP contribution in [0.1, 0.15) is 34.9 Å². The van der Waals surface area contributed by atoms with Crippen molar-refractivity contribution < 1.29 is 9.90 Å². The molecule has 2 heterocycles. The second kappa shape index (κ2) is 7.83. The van der Waals surface area contributed by atoms with Crippen LogP contribution in [-0.4, -0.2) is 34.7 Å². The van der Waals surface area contributed by atoms with Crippen molar-refractivity contribution in [1.29, 1.82) is 0 Å². The summed E-state index contributed by atoms with van der Waals surface area (Å²) in [6.07, 6.45) is 3.09. The van der Waals surface area contributed by atoms with Gasteiger partial charge in [-0.2, -0.15) is 0 Å². The maximum atomic E-state index is 12.2. The fourth-order valence-corrected chi connectivity index (χ4v) is 4.64. The molecule has 1 aromatic carbocycles. The zero-order valence-corrected chi connectivity index (χ0v) is 15.4. The number of aryl methyl sites for hydroxylation is 1. The summed E-state index contributed by atoms with van der Waals surface area (Å²) in [5.41, 5.74) is 2.51. The monoisotopic (exact) mass is 379 g/mol. The van der Waals surface area contributed by atoms with Gasteiger partial charge in [-0.15, -0.1) is 23.7 Å². The van der Waals surface area contributed by atoms with E-state index in [0.29, 0.717) is 24.0 Å².